The van der Waals surface area contributed by atoms with Crippen LogP contribution in [-0.4, -0.2) is 21.3 Å². The van der Waals surface area contributed by atoms with Gasteiger partial charge in [-0.05, 0) is 38.3 Å². The number of rotatable bonds is 3. The van der Waals surface area contributed by atoms with Crippen molar-refractivity contribution in [3.63, 3.8) is 0 Å². The molecule has 1 saturated carbocycles. The topological polar surface area (TPSA) is 71.5 Å². The van der Waals surface area contributed by atoms with E-state index in [2.05, 4.69) is 10.1 Å². The van der Waals surface area contributed by atoms with Crippen LogP contribution < -0.4 is 5.73 Å². The third kappa shape index (κ3) is 2.77. The number of nitrogens with two attached hydrogens (primary N) is 1. The molecule has 1 aliphatic rings. The first-order valence-corrected chi connectivity index (χ1v) is 7.12. The van der Waals surface area contributed by atoms with Gasteiger partial charge in [-0.3, -0.25) is 0 Å². The summed E-state index contributed by atoms with van der Waals surface area (Å²) >= 11 is 1.77. The normalized spacial score (nSPS) is 17.3. The molecule has 18 heavy (non-hydrogen) atoms. The molecule has 3 N–H and O–H groups in total. The molecule has 98 valence electrons. The lowest BCUT2D eigenvalue weighted by Crippen LogP contribution is -2.17. The number of thioether (sulfide) groups is 1. The second-order valence-electron chi connectivity index (χ2n) is 4.77. The Morgan fingerprint density at radius 3 is 2.72 bits per heavy atom. The molecule has 0 aliphatic heterocycles. The van der Waals surface area contributed by atoms with Crippen LogP contribution in [0.5, 0.6) is 0 Å². The minimum Gasteiger partial charge on any atom is -0.409 e. The van der Waals surface area contributed by atoms with Gasteiger partial charge in [-0.15, -0.1) is 11.8 Å². The molecule has 0 radical (unpaired) electrons. The van der Waals surface area contributed by atoms with Crippen molar-refractivity contribution in [3.8, 4) is 0 Å². The molecule has 0 amide bonds. The van der Waals surface area contributed by atoms with Crippen molar-refractivity contribution < 1.29 is 5.21 Å². The van der Waals surface area contributed by atoms with E-state index in [0.29, 0.717) is 5.25 Å². The lowest BCUT2D eigenvalue weighted by atomic mass is 10.1. The van der Waals surface area contributed by atoms with Crippen LogP contribution in [0.3, 0.4) is 0 Å². The minimum atomic E-state index is 0.153. The van der Waals surface area contributed by atoms with Crippen LogP contribution in [-0.2, 0) is 0 Å². The van der Waals surface area contributed by atoms with Crippen molar-refractivity contribution in [2.24, 2.45) is 10.9 Å². The lowest BCUT2D eigenvalue weighted by Gasteiger charge is -2.14. The Morgan fingerprint density at radius 1 is 1.44 bits per heavy atom. The summed E-state index contributed by atoms with van der Waals surface area (Å²) in [6, 6.07) is 1.96. The van der Waals surface area contributed by atoms with Gasteiger partial charge in [0.15, 0.2) is 5.84 Å². The smallest absolute Gasteiger partial charge is 0.173 e. The number of pyridine rings is 1. The van der Waals surface area contributed by atoms with E-state index < -0.39 is 0 Å². The van der Waals surface area contributed by atoms with E-state index in [1.54, 1.807) is 11.8 Å². The van der Waals surface area contributed by atoms with Crippen molar-refractivity contribution >= 4 is 17.6 Å². The summed E-state index contributed by atoms with van der Waals surface area (Å²) in [5.74, 6) is 0.153. The Kier molecular flexibility index (Phi) is 4.11. The molecular weight excluding hydrogens is 246 g/mol. The quantitative estimate of drug-likeness (QED) is 0.381. The number of hydrogen-bond acceptors (Lipinski definition) is 4. The summed E-state index contributed by atoms with van der Waals surface area (Å²) in [6.45, 7) is 3.95. The Hall–Kier alpha value is -1.23. The summed E-state index contributed by atoms with van der Waals surface area (Å²) in [5, 5.41) is 13.5. The van der Waals surface area contributed by atoms with Gasteiger partial charge in [0.1, 0.15) is 5.03 Å². The molecule has 0 spiro atoms. The molecule has 1 aliphatic carbocycles. The summed E-state index contributed by atoms with van der Waals surface area (Å²) in [7, 11) is 0. The number of nitrogens with zero attached hydrogens (tertiary/aromatic N) is 2. The van der Waals surface area contributed by atoms with Crippen LogP contribution in [0.2, 0.25) is 0 Å². The monoisotopic (exact) mass is 265 g/mol. The van der Waals surface area contributed by atoms with Crippen LogP contribution in [0.25, 0.3) is 0 Å². The van der Waals surface area contributed by atoms with Gasteiger partial charge in [-0.25, -0.2) is 4.98 Å². The van der Waals surface area contributed by atoms with E-state index in [0.717, 1.165) is 21.8 Å². The predicted octanol–water partition coefficient (Wildman–Crippen LogP) is 2.83. The molecule has 1 heterocycles. The molecule has 1 aromatic heterocycles. The van der Waals surface area contributed by atoms with Crippen LogP contribution in [0.15, 0.2) is 16.2 Å². The maximum Gasteiger partial charge on any atom is 0.173 e. The van der Waals surface area contributed by atoms with Crippen molar-refractivity contribution in [1.29, 1.82) is 0 Å². The van der Waals surface area contributed by atoms with E-state index in [1.807, 2.05) is 19.9 Å². The first-order valence-electron chi connectivity index (χ1n) is 6.24. The highest BCUT2D eigenvalue weighted by Gasteiger charge is 2.21. The average molecular weight is 265 g/mol. The molecule has 0 atom stereocenters. The van der Waals surface area contributed by atoms with Crippen molar-refractivity contribution in [1.82, 2.24) is 4.98 Å². The Balaban J connectivity index is 2.36. The average Bonchev–Trinajstić information content (AvgIpc) is 2.80. The maximum atomic E-state index is 8.89. The second-order valence-corrected chi connectivity index (χ2v) is 6.06. The van der Waals surface area contributed by atoms with Gasteiger partial charge in [-0.2, -0.15) is 0 Å². The zero-order valence-corrected chi connectivity index (χ0v) is 11.6. The third-order valence-electron chi connectivity index (χ3n) is 3.26. The lowest BCUT2D eigenvalue weighted by molar-refractivity contribution is 0.318. The van der Waals surface area contributed by atoms with E-state index in [4.69, 9.17) is 10.9 Å². The molecule has 0 aromatic carbocycles. The number of aryl methyl sites for hydroxylation is 2. The third-order valence-corrected chi connectivity index (χ3v) is 4.58. The van der Waals surface area contributed by atoms with Crippen molar-refractivity contribution in [3.05, 3.63) is 22.9 Å². The van der Waals surface area contributed by atoms with Crippen LogP contribution in [0, 0.1) is 13.8 Å². The highest BCUT2D eigenvalue weighted by Crippen LogP contribution is 2.36. The van der Waals surface area contributed by atoms with Crippen LogP contribution >= 0.6 is 11.8 Å². The first-order chi connectivity index (χ1) is 8.61. The zero-order valence-electron chi connectivity index (χ0n) is 10.8. The molecule has 1 aromatic rings. The van der Waals surface area contributed by atoms with Crippen LogP contribution in [0.1, 0.15) is 42.5 Å². The van der Waals surface area contributed by atoms with Crippen molar-refractivity contribution in [2.75, 3.05) is 0 Å². The van der Waals surface area contributed by atoms with E-state index >= 15 is 0 Å². The molecule has 5 heteroatoms. The number of hydrogen-bond donors (Lipinski definition) is 2. The molecule has 2 rings (SSSR count). The van der Waals surface area contributed by atoms with Gasteiger partial charge in [0, 0.05) is 10.9 Å². The van der Waals surface area contributed by atoms with Gasteiger partial charge in [0.25, 0.3) is 0 Å². The highest BCUT2D eigenvalue weighted by atomic mass is 32.2. The van der Waals surface area contributed by atoms with Crippen LogP contribution in [0.4, 0.5) is 0 Å². The Labute approximate surface area is 112 Å². The number of aromatic nitrogens is 1. The van der Waals surface area contributed by atoms with Gasteiger partial charge >= 0.3 is 0 Å². The van der Waals surface area contributed by atoms with E-state index in [9.17, 15) is 0 Å². The molecular formula is C13H19N3OS. The largest absolute Gasteiger partial charge is 0.409 e. The summed E-state index contributed by atoms with van der Waals surface area (Å²) in [4.78, 5) is 4.56. The molecule has 4 nitrogen and oxygen atoms in total. The molecule has 1 fully saturated rings. The summed E-state index contributed by atoms with van der Waals surface area (Å²) in [5.41, 5.74) is 8.53. The fourth-order valence-corrected chi connectivity index (χ4v) is 3.88. The number of oxime groups is 1. The predicted molar refractivity (Wildman–Crippen MR) is 74.3 cm³/mol. The van der Waals surface area contributed by atoms with Gasteiger partial charge < -0.3 is 10.9 Å². The van der Waals surface area contributed by atoms with Gasteiger partial charge in [0.05, 0.1) is 5.56 Å². The molecule has 0 bridgehead atoms. The fraction of sp³-hybridized carbons (Fsp3) is 0.538. The van der Waals surface area contributed by atoms with Gasteiger partial charge in [0.2, 0.25) is 0 Å². The molecule has 0 unspecified atom stereocenters. The maximum absolute atomic E-state index is 8.89. The highest BCUT2D eigenvalue weighted by molar-refractivity contribution is 7.99. The summed E-state index contributed by atoms with van der Waals surface area (Å²) in [6.07, 6.45) is 5.05. The summed E-state index contributed by atoms with van der Waals surface area (Å²) < 4.78 is 0. The standard InChI is InChI=1S/C13H19N3OS/c1-8-7-9(2)15-13(11(8)12(14)16-17)18-10-5-3-4-6-10/h7,10,17H,3-6H2,1-2H3,(H2,14,16). The van der Waals surface area contributed by atoms with Crippen molar-refractivity contribution in [2.45, 2.75) is 49.8 Å². The second kappa shape index (κ2) is 5.61. The first kappa shape index (κ1) is 13.2. The SMILES string of the molecule is Cc1cc(C)c(C(N)=NO)c(SC2CCCC2)n1. The Bertz CT molecular complexity index is 468. The minimum absolute atomic E-state index is 0.153. The fourth-order valence-electron chi connectivity index (χ4n) is 2.41. The van der Waals surface area contributed by atoms with E-state index in [-0.39, 0.29) is 5.84 Å². The Morgan fingerprint density at radius 2 is 2.11 bits per heavy atom. The number of amidine groups is 1. The van der Waals surface area contributed by atoms with Gasteiger partial charge in [-0.1, -0.05) is 18.0 Å². The van der Waals surface area contributed by atoms with E-state index in [1.165, 1.54) is 25.7 Å². The zero-order chi connectivity index (χ0) is 13.1. The molecule has 0 saturated heterocycles.